The van der Waals surface area contributed by atoms with Gasteiger partial charge >= 0.3 is 0 Å². The Balaban J connectivity index is 2.46. The van der Waals surface area contributed by atoms with Gasteiger partial charge in [0.1, 0.15) is 18.3 Å². The van der Waals surface area contributed by atoms with Crippen molar-refractivity contribution >= 4 is 0 Å². The smallest absolute Gasteiger partial charge is 0.186 e. The standard InChI is InChI=1S/C8H15FO6/c9-5(4(11)3-10)6(12)7(13)8-14-1-2-15-8/h4-8,10-13H,1-3H2/t4-,5-,6+,7-/m1/s1. The van der Waals surface area contributed by atoms with Gasteiger partial charge in [0.25, 0.3) is 0 Å². The molecule has 4 N–H and O–H groups in total. The Bertz CT molecular complexity index is 186. The maximum absolute atomic E-state index is 13.2. The van der Waals surface area contributed by atoms with E-state index in [9.17, 15) is 14.6 Å². The van der Waals surface area contributed by atoms with Gasteiger partial charge in [0.05, 0.1) is 19.8 Å². The summed E-state index contributed by atoms with van der Waals surface area (Å²) in [5.41, 5.74) is 0. The van der Waals surface area contributed by atoms with E-state index in [-0.39, 0.29) is 13.2 Å². The lowest BCUT2D eigenvalue weighted by atomic mass is 10.0. The van der Waals surface area contributed by atoms with Crippen molar-refractivity contribution in [3.63, 3.8) is 0 Å². The number of alkyl halides is 1. The molecule has 6 nitrogen and oxygen atoms in total. The summed E-state index contributed by atoms with van der Waals surface area (Å²) >= 11 is 0. The minimum atomic E-state index is -2.15. The number of hydrogen-bond donors (Lipinski definition) is 4. The van der Waals surface area contributed by atoms with Crippen molar-refractivity contribution < 1.29 is 34.3 Å². The lowest BCUT2D eigenvalue weighted by Crippen LogP contribution is -2.48. The van der Waals surface area contributed by atoms with Crippen LogP contribution < -0.4 is 0 Å². The predicted molar refractivity (Wildman–Crippen MR) is 45.7 cm³/mol. The molecule has 1 aliphatic rings. The maximum Gasteiger partial charge on any atom is 0.186 e. The molecular formula is C8H15FO6. The fourth-order valence-electron chi connectivity index (χ4n) is 1.25. The number of hydrogen-bond acceptors (Lipinski definition) is 6. The molecule has 1 aliphatic heterocycles. The molecule has 90 valence electrons. The van der Waals surface area contributed by atoms with E-state index in [1.165, 1.54) is 0 Å². The largest absolute Gasteiger partial charge is 0.394 e. The molecule has 0 spiro atoms. The van der Waals surface area contributed by atoms with Crippen LogP contribution in [-0.2, 0) is 9.47 Å². The lowest BCUT2D eigenvalue weighted by molar-refractivity contribution is -0.177. The summed E-state index contributed by atoms with van der Waals surface area (Å²) in [5.74, 6) is 0. The van der Waals surface area contributed by atoms with Gasteiger partial charge in [0.2, 0.25) is 0 Å². The second-order valence-corrected chi connectivity index (χ2v) is 3.29. The third-order valence-electron chi connectivity index (χ3n) is 2.16. The van der Waals surface area contributed by atoms with Crippen molar-refractivity contribution in [3.05, 3.63) is 0 Å². The minimum Gasteiger partial charge on any atom is -0.394 e. The first-order chi connectivity index (χ1) is 7.07. The number of aliphatic hydroxyl groups excluding tert-OH is 4. The second kappa shape index (κ2) is 5.69. The minimum absolute atomic E-state index is 0.258. The summed E-state index contributed by atoms with van der Waals surface area (Å²) in [5, 5.41) is 36.1. The molecule has 15 heavy (non-hydrogen) atoms. The maximum atomic E-state index is 13.2. The monoisotopic (exact) mass is 226 g/mol. The van der Waals surface area contributed by atoms with Crippen LogP contribution in [0.15, 0.2) is 0 Å². The molecule has 0 aromatic rings. The number of halogens is 1. The van der Waals surface area contributed by atoms with E-state index in [0.29, 0.717) is 0 Å². The zero-order valence-electron chi connectivity index (χ0n) is 7.99. The number of ether oxygens (including phenoxy) is 2. The topological polar surface area (TPSA) is 99.4 Å². The van der Waals surface area contributed by atoms with Gasteiger partial charge in [-0.15, -0.1) is 0 Å². The molecule has 1 rings (SSSR count). The van der Waals surface area contributed by atoms with Crippen LogP contribution in [0.25, 0.3) is 0 Å². The van der Waals surface area contributed by atoms with Crippen LogP contribution in [0.1, 0.15) is 0 Å². The summed E-state index contributed by atoms with van der Waals surface area (Å²) in [7, 11) is 0. The fourth-order valence-corrected chi connectivity index (χ4v) is 1.25. The number of aliphatic hydroxyl groups is 4. The molecule has 7 heteroatoms. The zero-order valence-corrected chi connectivity index (χ0v) is 7.99. The van der Waals surface area contributed by atoms with Crippen LogP contribution in [0, 0.1) is 0 Å². The molecule has 0 saturated carbocycles. The van der Waals surface area contributed by atoms with Crippen molar-refractivity contribution in [3.8, 4) is 0 Å². The van der Waals surface area contributed by atoms with E-state index < -0.39 is 37.4 Å². The summed E-state index contributed by atoms with van der Waals surface area (Å²) < 4.78 is 22.9. The molecule has 0 bridgehead atoms. The third-order valence-corrected chi connectivity index (χ3v) is 2.16. The first-order valence-corrected chi connectivity index (χ1v) is 4.60. The van der Waals surface area contributed by atoms with Crippen molar-refractivity contribution in [2.24, 2.45) is 0 Å². The fraction of sp³-hybridized carbons (Fsp3) is 1.00. The summed E-state index contributed by atoms with van der Waals surface area (Å²) in [6, 6.07) is 0. The van der Waals surface area contributed by atoms with Gasteiger partial charge in [0, 0.05) is 0 Å². The highest BCUT2D eigenvalue weighted by Crippen LogP contribution is 2.16. The van der Waals surface area contributed by atoms with Gasteiger partial charge in [0.15, 0.2) is 12.5 Å². The van der Waals surface area contributed by atoms with Gasteiger partial charge in [-0.1, -0.05) is 0 Å². The van der Waals surface area contributed by atoms with E-state index >= 15 is 0 Å². The van der Waals surface area contributed by atoms with Gasteiger partial charge < -0.3 is 29.9 Å². The van der Waals surface area contributed by atoms with Crippen LogP contribution in [0.2, 0.25) is 0 Å². The van der Waals surface area contributed by atoms with E-state index in [0.717, 1.165) is 0 Å². The zero-order chi connectivity index (χ0) is 11.4. The SMILES string of the molecule is OC[C@@H](O)[C@@H](F)[C@H](O)[C@@H](O)C1OCCO1. The van der Waals surface area contributed by atoms with Crippen LogP contribution in [0.4, 0.5) is 4.39 Å². The van der Waals surface area contributed by atoms with Gasteiger partial charge in [-0.2, -0.15) is 0 Å². The molecule has 0 aromatic carbocycles. The highest BCUT2D eigenvalue weighted by molar-refractivity contribution is 4.83. The molecule has 1 saturated heterocycles. The quantitative estimate of drug-likeness (QED) is 0.423. The molecular weight excluding hydrogens is 211 g/mol. The van der Waals surface area contributed by atoms with Gasteiger partial charge in [-0.25, -0.2) is 4.39 Å². The Kier molecular flexibility index (Phi) is 4.84. The van der Waals surface area contributed by atoms with Crippen molar-refractivity contribution in [1.82, 2.24) is 0 Å². The van der Waals surface area contributed by atoms with E-state index in [2.05, 4.69) is 0 Å². The first kappa shape index (κ1) is 12.8. The normalized spacial score (nSPS) is 26.2. The molecule has 1 fully saturated rings. The van der Waals surface area contributed by atoms with Gasteiger partial charge in [-0.05, 0) is 0 Å². The molecule has 4 atom stereocenters. The summed E-state index contributed by atoms with van der Waals surface area (Å²) in [4.78, 5) is 0. The van der Waals surface area contributed by atoms with Crippen molar-refractivity contribution in [2.45, 2.75) is 30.8 Å². The average Bonchev–Trinajstić information content (AvgIpc) is 2.78. The van der Waals surface area contributed by atoms with E-state index in [4.69, 9.17) is 19.7 Å². The highest BCUT2D eigenvalue weighted by Gasteiger charge is 2.38. The molecule has 0 amide bonds. The van der Waals surface area contributed by atoms with Crippen LogP contribution in [0.5, 0.6) is 0 Å². The molecule has 0 aromatic heterocycles. The van der Waals surface area contributed by atoms with Crippen molar-refractivity contribution in [2.75, 3.05) is 19.8 Å². The third kappa shape index (κ3) is 3.07. The van der Waals surface area contributed by atoms with E-state index in [1.54, 1.807) is 0 Å². The first-order valence-electron chi connectivity index (χ1n) is 4.60. The van der Waals surface area contributed by atoms with Crippen LogP contribution in [-0.4, -0.2) is 71.0 Å². The van der Waals surface area contributed by atoms with Crippen molar-refractivity contribution in [1.29, 1.82) is 0 Å². The molecule has 0 radical (unpaired) electrons. The summed E-state index contributed by atoms with van der Waals surface area (Å²) in [6.45, 7) is -0.320. The lowest BCUT2D eigenvalue weighted by Gasteiger charge is -2.26. The Labute approximate surface area is 85.9 Å². The van der Waals surface area contributed by atoms with Crippen LogP contribution >= 0.6 is 0 Å². The molecule has 0 aliphatic carbocycles. The Hall–Kier alpha value is -0.310. The van der Waals surface area contributed by atoms with Gasteiger partial charge in [-0.3, -0.25) is 0 Å². The van der Waals surface area contributed by atoms with E-state index in [1.807, 2.05) is 0 Å². The number of rotatable bonds is 5. The second-order valence-electron chi connectivity index (χ2n) is 3.29. The molecule has 1 heterocycles. The average molecular weight is 226 g/mol. The Morgan fingerprint density at radius 1 is 1.20 bits per heavy atom. The Morgan fingerprint density at radius 3 is 2.20 bits per heavy atom. The summed E-state index contributed by atoms with van der Waals surface area (Å²) in [6.07, 6.45) is -8.45. The van der Waals surface area contributed by atoms with Crippen LogP contribution in [0.3, 0.4) is 0 Å². The Morgan fingerprint density at radius 2 is 1.73 bits per heavy atom. The highest BCUT2D eigenvalue weighted by atomic mass is 19.1. The molecule has 0 unspecified atom stereocenters. The predicted octanol–water partition coefficient (Wildman–Crippen LogP) is -2.23.